The molecule has 0 saturated carbocycles. The molecule has 0 radical (unpaired) electrons. The van der Waals surface area contributed by atoms with E-state index in [2.05, 4.69) is 5.32 Å². The molecule has 3 nitrogen and oxygen atoms in total. The maximum Gasteiger partial charge on any atom is 0.244 e. The minimum absolute atomic E-state index is 0.0802. The summed E-state index contributed by atoms with van der Waals surface area (Å²) >= 11 is 0. The van der Waals surface area contributed by atoms with Gasteiger partial charge >= 0.3 is 0 Å². The first kappa shape index (κ1) is 12.0. The zero-order chi connectivity index (χ0) is 12.3. The van der Waals surface area contributed by atoms with E-state index in [4.69, 9.17) is 0 Å². The quantitative estimate of drug-likeness (QED) is 0.869. The van der Waals surface area contributed by atoms with Crippen LogP contribution < -0.4 is 10.2 Å². The highest BCUT2D eigenvalue weighted by atomic mass is 19.1. The second kappa shape index (κ2) is 5.27. The summed E-state index contributed by atoms with van der Waals surface area (Å²) in [5.74, 6) is -0.201. The molecule has 4 heteroatoms. The van der Waals surface area contributed by atoms with Gasteiger partial charge in [-0.1, -0.05) is 0 Å². The van der Waals surface area contributed by atoms with Gasteiger partial charge in [-0.25, -0.2) is 4.39 Å². The SMILES string of the molecule is CCN(C(=O)[C@H]1CCCN1)c1ccc(F)cc1. The zero-order valence-electron chi connectivity index (χ0n) is 9.95. The van der Waals surface area contributed by atoms with Gasteiger partial charge in [-0.15, -0.1) is 0 Å². The monoisotopic (exact) mass is 236 g/mol. The van der Waals surface area contributed by atoms with Crippen molar-refractivity contribution >= 4 is 11.6 Å². The van der Waals surface area contributed by atoms with Crippen molar-refractivity contribution < 1.29 is 9.18 Å². The molecule has 2 rings (SSSR count). The average Bonchev–Trinajstić information content (AvgIpc) is 2.86. The van der Waals surface area contributed by atoms with E-state index in [1.165, 1.54) is 12.1 Å². The number of hydrogen-bond donors (Lipinski definition) is 1. The normalized spacial score (nSPS) is 19.3. The first-order chi connectivity index (χ1) is 8.22. The van der Waals surface area contributed by atoms with E-state index in [0.29, 0.717) is 6.54 Å². The molecule has 1 saturated heterocycles. The predicted octanol–water partition coefficient (Wildman–Crippen LogP) is 1.93. The lowest BCUT2D eigenvalue weighted by Gasteiger charge is -2.24. The summed E-state index contributed by atoms with van der Waals surface area (Å²) in [4.78, 5) is 13.9. The van der Waals surface area contributed by atoms with Crippen molar-refractivity contribution in [3.05, 3.63) is 30.1 Å². The maximum absolute atomic E-state index is 12.8. The van der Waals surface area contributed by atoms with E-state index in [1.54, 1.807) is 17.0 Å². The Morgan fingerprint density at radius 2 is 2.18 bits per heavy atom. The number of hydrogen-bond acceptors (Lipinski definition) is 2. The number of benzene rings is 1. The molecule has 1 aliphatic rings. The lowest BCUT2D eigenvalue weighted by molar-refractivity contribution is -0.120. The molecule has 1 fully saturated rings. The van der Waals surface area contributed by atoms with Crippen LogP contribution in [0.25, 0.3) is 0 Å². The van der Waals surface area contributed by atoms with Crippen molar-refractivity contribution in [3.8, 4) is 0 Å². The number of anilines is 1. The number of halogens is 1. The number of nitrogens with one attached hydrogen (secondary N) is 1. The van der Waals surface area contributed by atoms with Crippen molar-refractivity contribution in [2.75, 3.05) is 18.0 Å². The minimum Gasteiger partial charge on any atom is -0.311 e. The Balaban J connectivity index is 2.14. The molecular weight excluding hydrogens is 219 g/mol. The molecule has 1 heterocycles. The smallest absolute Gasteiger partial charge is 0.244 e. The third-order valence-electron chi connectivity index (χ3n) is 3.08. The molecule has 0 bridgehead atoms. The molecule has 0 aromatic heterocycles. The fourth-order valence-electron chi connectivity index (χ4n) is 2.17. The van der Waals surface area contributed by atoms with Gasteiger partial charge in [-0.2, -0.15) is 0 Å². The summed E-state index contributed by atoms with van der Waals surface area (Å²) < 4.78 is 12.8. The molecule has 92 valence electrons. The van der Waals surface area contributed by atoms with Crippen molar-refractivity contribution in [2.45, 2.75) is 25.8 Å². The van der Waals surface area contributed by atoms with Crippen LogP contribution in [0, 0.1) is 5.82 Å². The number of carbonyl (C=O) groups excluding carboxylic acids is 1. The van der Waals surface area contributed by atoms with E-state index >= 15 is 0 Å². The van der Waals surface area contributed by atoms with Crippen molar-refractivity contribution in [1.29, 1.82) is 0 Å². The van der Waals surface area contributed by atoms with Gasteiger partial charge in [0.15, 0.2) is 0 Å². The lowest BCUT2D eigenvalue weighted by atomic mass is 10.2. The van der Waals surface area contributed by atoms with Gasteiger partial charge in [0.2, 0.25) is 5.91 Å². The molecule has 0 aliphatic carbocycles. The molecule has 1 atom stereocenters. The fraction of sp³-hybridized carbons (Fsp3) is 0.462. The highest BCUT2D eigenvalue weighted by molar-refractivity contribution is 5.97. The minimum atomic E-state index is -0.281. The second-order valence-corrected chi connectivity index (χ2v) is 4.21. The number of rotatable bonds is 3. The van der Waals surface area contributed by atoms with Crippen molar-refractivity contribution in [2.24, 2.45) is 0 Å². The Morgan fingerprint density at radius 3 is 2.71 bits per heavy atom. The molecular formula is C13H17FN2O. The van der Waals surface area contributed by atoms with Crippen LogP contribution in [0.5, 0.6) is 0 Å². The first-order valence-corrected chi connectivity index (χ1v) is 6.02. The average molecular weight is 236 g/mol. The summed E-state index contributed by atoms with van der Waals surface area (Å²) in [7, 11) is 0. The van der Waals surface area contributed by atoms with E-state index in [1.807, 2.05) is 6.92 Å². The van der Waals surface area contributed by atoms with Crippen LogP contribution in [-0.2, 0) is 4.79 Å². The predicted molar refractivity (Wildman–Crippen MR) is 65.5 cm³/mol. The Hall–Kier alpha value is -1.42. The third-order valence-corrected chi connectivity index (χ3v) is 3.08. The highest BCUT2D eigenvalue weighted by Crippen LogP contribution is 2.18. The van der Waals surface area contributed by atoms with Crippen LogP contribution in [0.4, 0.5) is 10.1 Å². The van der Waals surface area contributed by atoms with E-state index in [9.17, 15) is 9.18 Å². The number of nitrogens with zero attached hydrogens (tertiary/aromatic N) is 1. The van der Waals surface area contributed by atoms with Crippen LogP contribution >= 0.6 is 0 Å². The Morgan fingerprint density at radius 1 is 1.47 bits per heavy atom. The molecule has 1 aromatic rings. The molecule has 0 spiro atoms. The summed E-state index contributed by atoms with van der Waals surface area (Å²) in [6.07, 6.45) is 1.92. The van der Waals surface area contributed by atoms with Gasteiger partial charge in [-0.3, -0.25) is 4.79 Å². The molecule has 1 aliphatic heterocycles. The van der Waals surface area contributed by atoms with Crippen LogP contribution in [0.15, 0.2) is 24.3 Å². The standard InChI is InChI=1S/C13H17FN2O/c1-2-16(11-7-5-10(14)6-8-11)13(17)12-4-3-9-15-12/h5-8,12,15H,2-4,9H2,1H3/t12-/m1/s1. The van der Waals surface area contributed by atoms with Crippen LogP contribution in [-0.4, -0.2) is 25.0 Å². The lowest BCUT2D eigenvalue weighted by Crippen LogP contribution is -2.43. The largest absolute Gasteiger partial charge is 0.311 e. The van der Waals surface area contributed by atoms with Gasteiger partial charge in [-0.05, 0) is 50.6 Å². The number of amides is 1. The third kappa shape index (κ3) is 2.64. The molecule has 1 N–H and O–H groups in total. The molecule has 1 aromatic carbocycles. The van der Waals surface area contributed by atoms with Gasteiger partial charge in [0, 0.05) is 12.2 Å². The number of likely N-dealkylation sites (N-methyl/N-ethyl adjacent to an activating group) is 1. The Kier molecular flexibility index (Phi) is 3.74. The van der Waals surface area contributed by atoms with Crippen LogP contribution in [0.1, 0.15) is 19.8 Å². The van der Waals surface area contributed by atoms with Crippen molar-refractivity contribution in [3.63, 3.8) is 0 Å². The number of carbonyl (C=O) groups is 1. The van der Waals surface area contributed by atoms with Gasteiger partial charge in [0.1, 0.15) is 5.82 Å². The zero-order valence-corrected chi connectivity index (χ0v) is 9.95. The molecule has 1 amide bonds. The summed E-state index contributed by atoms with van der Waals surface area (Å²) in [5, 5.41) is 3.19. The summed E-state index contributed by atoms with van der Waals surface area (Å²) in [5.41, 5.74) is 0.757. The highest BCUT2D eigenvalue weighted by Gasteiger charge is 2.26. The topological polar surface area (TPSA) is 32.3 Å². The second-order valence-electron chi connectivity index (χ2n) is 4.21. The molecule has 17 heavy (non-hydrogen) atoms. The van der Waals surface area contributed by atoms with Crippen molar-refractivity contribution in [1.82, 2.24) is 5.32 Å². The Bertz CT molecular complexity index is 385. The van der Waals surface area contributed by atoms with Gasteiger partial charge in [0.25, 0.3) is 0 Å². The van der Waals surface area contributed by atoms with Gasteiger partial charge in [0.05, 0.1) is 6.04 Å². The van der Waals surface area contributed by atoms with Crippen LogP contribution in [0.3, 0.4) is 0 Å². The maximum atomic E-state index is 12.8. The van der Waals surface area contributed by atoms with E-state index in [0.717, 1.165) is 25.1 Å². The first-order valence-electron chi connectivity index (χ1n) is 6.02. The molecule has 0 unspecified atom stereocenters. The van der Waals surface area contributed by atoms with Gasteiger partial charge < -0.3 is 10.2 Å². The van der Waals surface area contributed by atoms with E-state index in [-0.39, 0.29) is 17.8 Å². The fourth-order valence-corrected chi connectivity index (χ4v) is 2.17. The van der Waals surface area contributed by atoms with Crippen LogP contribution in [0.2, 0.25) is 0 Å². The summed E-state index contributed by atoms with van der Waals surface area (Å²) in [6.45, 7) is 3.43. The Labute approximate surface area is 101 Å². The summed E-state index contributed by atoms with van der Waals surface area (Å²) in [6, 6.07) is 5.97. The van der Waals surface area contributed by atoms with E-state index < -0.39 is 0 Å².